The molecule has 0 radical (unpaired) electrons. The van der Waals surface area contributed by atoms with Crippen molar-refractivity contribution in [2.75, 3.05) is 13.0 Å². The van der Waals surface area contributed by atoms with Crippen LogP contribution in [0.1, 0.15) is 52.5 Å². The quantitative estimate of drug-likeness (QED) is 0.262. The van der Waals surface area contributed by atoms with Crippen LogP contribution in [0.25, 0.3) is 6.08 Å². The van der Waals surface area contributed by atoms with E-state index in [4.69, 9.17) is 21.4 Å². The number of benzene rings is 1. The van der Waals surface area contributed by atoms with Crippen molar-refractivity contribution >= 4 is 36.9 Å². The second kappa shape index (κ2) is 11.4. The van der Waals surface area contributed by atoms with E-state index in [-0.39, 0.29) is 10.8 Å². The van der Waals surface area contributed by atoms with Crippen molar-refractivity contribution in [3.63, 3.8) is 0 Å². The normalized spacial score (nSPS) is 11.9. The molecule has 27 heavy (non-hydrogen) atoms. The summed E-state index contributed by atoms with van der Waals surface area (Å²) in [5.41, 5.74) is 0.790. The van der Waals surface area contributed by atoms with Crippen LogP contribution in [0.4, 0.5) is 0 Å². The van der Waals surface area contributed by atoms with Gasteiger partial charge in [-0.25, -0.2) is 4.79 Å². The third-order valence-electron chi connectivity index (χ3n) is 5.02. The lowest BCUT2D eigenvalue weighted by Gasteiger charge is -2.39. The summed E-state index contributed by atoms with van der Waals surface area (Å²) < 4.78 is 5.41. The lowest BCUT2D eigenvalue weighted by atomic mass is 10.2. The van der Waals surface area contributed by atoms with E-state index < -0.39 is 14.0 Å². The maximum Gasteiger partial charge on any atom is 0.328 e. The fourth-order valence-corrected chi connectivity index (χ4v) is 5.08. The molecule has 1 aromatic rings. The van der Waals surface area contributed by atoms with E-state index in [9.17, 15) is 9.90 Å². The van der Waals surface area contributed by atoms with Crippen molar-refractivity contribution in [3.8, 4) is 11.5 Å². The molecule has 0 aromatic heterocycles. The summed E-state index contributed by atoms with van der Waals surface area (Å²) in [6.45, 7) is 13.0. The number of phenolic OH excluding ortho intramolecular Hbond substituents is 1. The summed E-state index contributed by atoms with van der Waals surface area (Å²) in [6, 6.07) is 3.28. The number of phenols is 1. The number of aliphatic carboxylic acids is 1. The third kappa shape index (κ3) is 7.58. The number of carboxylic acid groups (broad SMARTS) is 1. The number of ether oxygens (including phenoxy) is 1. The van der Waals surface area contributed by atoms with Gasteiger partial charge >= 0.3 is 5.97 Å². The van der Waals surface area contributed by atoms with Crippen LogP contribution in [0, 0.1) is 0 Å². The molecule has 2 N–H and O–H groups in total. The molecule has 1 aromatic carbocycles. The Morgan fingerprint density at radius 3 is 2.22 bits per heavy atom. The highest BCUT2D eigenvalue weighted by atomic mass is 35.5. The topological polar surface area (TPSA) is 66.8 Å². The Morgan fingerprint density at radius 1 is 1.26 bits per heavy atom. The van der Waals surface area contributed by atoms with E-state index in [1.165, 1.54) is 32.4 Å². The molecule has 154 valence electrons. The standard InChI is InChI=1S/C16H24O4Si.C5H11Cl/c1-16(2,3)21(5,6)15-11(8-10-13(18)19)7-9-12(17)14(15)20-4;1-2-3-4-5-6/h7-10,17H,1-6H3,(H,18,19);2-5H2,1H3. The van der Waals surface area contributed by atoms with Gasteiger partial charge in [-0.3, -0.25) is 0 Å². The van der Waals surface area contributed by atoms with Crippen molar-refractivity contribution in [3.05, 3.63) is 23.8 Å². The van der Waals surface area contributed by atoms with Crippen molar-refractivity contribution in [1.29, 1.82) is 0 Å². The molecular weight excluding hydrogens is 380 g/mol. The van der Waals surface area contributed by atoms with Crippen LogP contribution in [-0.2, 0) is 4.79 Å². The van der Waals surface area contributed by atoms with Gasteiger partial charge in [-0.2, -0.15) is 0 Å². The van der Waals surface area contributed by atoms with E-state index in [2.05, 4.69) is 40.8 Å². The molecule has 6 heteroatoms. The predicted molar refractivity (Wildman–Crippen MR) is 118 cm³/mol. The summed E-state index contributed by atoms with van der Waals surface area (Å²) in [7, 11) is -0.499. The fourth-order valence-electron chi connectivity index (χ4n) is 2.46. The van der Waals surface area contributed by atoms with Crippen molar-refractivity contribution in [2.24, 2.45) is 0 Å². The number of alkyl halides is 1. The summed E-state index contributed by atoms with van der Waals surface area (Å²) in [5.74, 6) is 0.371. The smallest absolute Gasteiger partial charge is 0.328 e. The summed E-state index contributed by atoms with van der Waals surface area (Å²) in [5, 5.41) is 19.9. The van der Waals surface area contributed by atoms with Gasteiger partial charge in [0.1, 0.15) is 0 Å². The average Bonchev–Trinajstić information content (AvgIpc) is 2.57. The zero-order valence-corrected chi connectivity index (χ0v) is 19.5. The number of carboxylic acids is 1. The molecule has 0 saturated carbocycles. The molecule has 0 spiro atoms. The number of hydrogen-bond donors (Lipinski definition) is 2. The van der Waals surface area contributed by atoms with Gasteiger partial charge in [-0.1, -0.05) is 59.7 Å². The van der Waals surface area contributed by atoms with Gasteiger partial charge in [-0.05, 0) is 34.4 Å². The number of rotatable bonds is 7. The first-order valence-corrected chi connectivity index (χ1v) is 12.8. The third-order valence-corrected chi connectivity index (χ3v) is 10.8. The molecule has 0 saturated heterocycles. The van der Waals surface area contributed by atoms with Gasteiger partial charge < -0.3 is 14.9 Å². The minimum Gasteiger partial charge on any atom is -0.504 e. The molecule has 0 heterocycles. The van der Waals surface area contributed by atoms with Gasteiger partial charge in [0.15, 0.2) is 11.5 Å². The molecule has 4 nitrogen and oxygen atoms in total. The van der Waals surface area contributed by atoms with E-state index >= 15 is 0 Å². The Morgan fingerprint density at radius 2 is 1.85 bits per heavy atom. The minimum absolute atomic E-state index is 0.0277. The number of unbranched alkanes of at least 4 members (excludes halogenated alkanes) is 2. The largest absolute Gasteiger partial charge is 0.504 e. The van der Waals surface area contributed by atoms with Crippen LogP contribution in [0.3, 0.4) is 0 Å². The zero-order valence-electron chi connectivity index (χ0n) is 17.7. The highest BCUT2D eigenvalue weighted by Crippen LogP contribution is 2.40. The van der Waals surface area contributed by atoms with Crippen LogP contribution in [-0.4, -0.2) is 37.2 Å². The highest BCUT2D eigenvalue weighted by molar-refractivity contribution is 6.93. The molecule has 0 fully saturated rings. The molecular formula is C21H35ClO4Si. The lowest BCUT2D eigenvalue weighted by Crippen LogP contribution is -2.51. The van der Waals surface area contributed by atoms with Crippen LogP contribution in [0.5, 0.6) is 11.5 Å². The summed E-state index contributed by atoms with van der Waals surface area (Å²) in [4.78, 5) is 10.8. The molecule has 0 atom stereocenters. The Hall–Kier alpha value is -1.46. The Balaban J connectivity index is 0.000000972. The van der Waals surface area contributed by atoms with Crippen LogP contribution in [0.2, 0.25) is 18.1 Å². The van der Waals surface area contributed by atoms with Crippen molar-refractivity contribution < 1.29 is 19.7 Å². The summed E-state index contributed by atoms with van der Waals surface area (Å²) >= 11 is 5.38. The SMILES string of the molecule is CCCCCCl.COc1c(O)ccc(C=CC(=O)O)c1[Si](C)(C)C(C)(C)C. The van der Waals surface area contributed by atoms with Gasteiger partial charge in [0, 0.05) is 12.0 Å². The van der Waals surface area contributed by atoms with Crippen molar-refractivity contribution in [2.45, 2.75) is 65.1 Å². The molecule has 0 amide bonds. The highest BCUT2D eigenvalue weighted by Gasteiger charge is 2.41. The predicted octanol–water partition coefficient (Wildman–Crippen LogP) is 5.63. The van der Waals surface area contributed by atoms with Gasteiger partial charge in [0.05, 0.1) is 15.2 Å². The summed E-state index contributed by atoms with van der Waals surface area (Å²) in [6.07, 6.45) is 6.41. The first-order valence-electron chi connectivity index (χ1n) is 9.31. The zero-order chi connectivity index (χ0) is 21.3. The second-order valence-corrected chi connectivity index (χ2v) is 13.7. The first kappa shape index (κ1) is 25.5. The second-order valence-electron chi connectivity index (χ2n) is 8.02. The molecule has 0 bridgehead atoms. The van der Waals surface area contributed by atoms with E-state index in [0.29, 0.717) is 5.75 Å². The number of carbonyl (C=O) groups is 1. The monoisotopic (exact) mass is 414 g/mol. The average molecular weight is 415 g/mol. The van der Waals surface area contributed by atoms with E-state index in [1.807, 2.05) is 0 Å². The molecule has 0 unspecified atom stereocenters. The molecule has 0 aliphatic carbocycles. The number of halogens is 1. The minimum atomic E-state index is -2.02. The fraction of sp³-hybridized carbons (Fsp3) is 0.571. The van der Waals surface area contributed by atoms with Gasteiger partial charge in [0.25, 0.3) is 0 Å². The number of methoxy groups -OCH3 is 1. The number of aromatic hydroxyl groups is 1. The van der Waals surface area contributed by atoms with E-state index in [1.54, 1.807) is 12.1 Å². The number of hydrogen-bond acceptors (Lipinski definition) is 3. The Kier molecular flexibility index (Phi) is 10.8. The Bertz CT molecular complexity index is 630. The van der Waals surface area contributed by atoms with Gasteiger partial charge in [-0.15, -0.1) is 11.6 Å². The molecule has 0 aliphatic rings. The lowest BCUT2D eigenvalue weighted by molar-refractivity contribution is -0.131. The van der Waals surface area contributed by atoms with Crippen molar-refractivity contribution in [1.82, 2.24) is 0 Å². The Labute approximate surface area is 170 Å². The van der Waals surface area contributed by atoms with E-state index in [0.717, 1.165) is 22.7 Å². The maximum absolute atomic E-state index is 10.8. The molecule has 1 rings (SSSR count). The molecule has 0 aliphatic heterocycles. The first-order chi connectivity index (χ1) is 12.4. The van der Waals surface area contributed by atoms with Crippen LogP contribution >= 0.6 is 11.6 Å². The van der Waals surface area contributed by atoms with Gasteiger partial charge in [0.2, 0.25) is 0 Å². The van der Waals surface area contributed by atoms with Crippen LogP contribution < -0.4 is 9.92 Å². The van der Waals surface area contributed by atoms with Crippen LogP contribution in [0.15, 0.2) is 18.2 Å². The maximum atomic E-state index is 10.8.